The Morgan fingerprint density at radius 3 is 2.68 bits per heavy atom. The highest BCUT2D eigenvalue weighted by Gasteiger charge is 2.30. The van der Waals surface area contributed by atoms with E-state index in [0.29, 0.717) is 13.0 Å². The van der Waals surface area contributed by atoms with Gasteiger partial charge in [0.1, 0.15) is 5.69 Å². The zero-order valence-electron chi connectivity index (χ0n) is 12.8. The van der Waals surface area contributed by atoms with Crippen LogP contribution in [0.3, 0.4) is 0 Å². The fourth-order valence-corrected chi connectivity index (χ4v) is 4.55. The van der Waals surface area contributed by atoms with Crippen molar-refractivity contribution in [2.75, 3.05) is 18.6 Å². The van der Waals surface area contributed by atoms with Crippen LogP contribution in [-0.4, -0.2) is 43.1 Å². The van der Waals surface area contributed by atoms with Crippen LogP contribution in [0.15, 0.2) is 34.9 Å². The molecular formula is C16H20N2O3S. The van der Waals surface area contributed by atoms with E-state index in [-0.39, 0.29) is 17.5 Å². The van der Waals surface area contributed by atoms with Gasteiger partial charge in [0, 0.05) is 17.7 Å². The van der Waals surface area contributed by atoms with Crippen LogP contribution in [0, 0.1) is 6.92 Å². The molecule has 0 aliphatic carbocycles. The molecule has 3 rings (SSSR count). The van der Waals surface area contributed by atoms with Crippen molar-refractivity contribution in [2.45, 2.75) is 25.9 Å². The largest absolute Gasteiger partial charge is 0.359 e. The molecule has 1 aliphatic heterocycles. The van der Waals surface area contributed by atoms with E-state index in [0.717, 1.165) is 17.0 Å². The molecule has 2 heterocycles. The van der Waals surface area contributed by atoms with Crippen LogP contribution in [0.2, 0.25) is 0 Å². The number of nitrogens with zero attached hydrogens (tertiary/aromatic N) is 2. The van der Waals surface area contributed by atoms with Gasteiger partial charge in [0.2, 0.25) is 0 Å². The lowest BCUT2D eigenvalue weighted by atomic mass is 10.1. The Kier molecular flexibility index (Phi) is 4.06. The first-order valence-electron chi connectivity index (χ1n) is 7.36. The molecule has 5 nitrogen and oxygen atoms in total. The zero-order chi connectivity index (χ0) is 15.7. The Bertz CT molecular complexity index is 750. The van der Waals surface area contributed by atoms with Crippen LogP contribution >= 0.6 is 0 Å². The Hall–Kier alpha value is -1.66. The number of hydrogen-bond acceptors (Lipinski definition) is 5. The van der Waals surface area contributed by atoms with Crippen molar-refractivity contribution in [3.05, 3.63) is 41.7 Å². The van der Waals surface area contributed by atoms with Gasteiger partial charge < -0.3 is 4.52 Å². The standard InChI is InChI=1S/C16H20N2O3S/c1-12-3-5-13(6-4-12)16-9-15(21-17-16)10-18(2)14-7-8-22(19,20)11-14/h3-6,9,14H,7-8,10-11H2,1-2H3/t14-/m0/s1. The summed E-state index contributed by atoms with van der Waals surface area (Å²) in [6, 6.07) is 10.1. The van der Waals surface area contributed by atoms with E-state index in [2.05, 4.69) is 5.16 Å². The number of sulfone groups is 1. The highest BCUT2D eigenvalue weighted by Crippen LogP contribution is 2.22. The van der Waals surface area contributed by atoms with Crippen LogP contribution in [0.5, 0.6) is 0 Å². The number of aromatic nitrogens is 1. The third-order valence-corrected chi connectivity index (χ3v) is 5.89. The van der Waals surface area contributed by atoms with Gasteiger partial charge in [0.15, 0.2) is 15.6 Å². The lowest BCUT2D eigenvalue weighted by Crippen LogP contribution is -2.31. The third kappa shape index (κ3) is 3.39. The predicted molar refractivity (Wildman–Crippen MR) is 85.2 cm³/mol. The van der Waals surface area contributed by atoms with Crippen molar-refractivity contribution in [1.82, 2.24) is 10.1 Å². The fourth-order valence-electron chi connectivity index (χ4n) is 2.75. The molecule has 0 amide bonds. The first-order chi connectivity index (χ1) is 10.4. The fraction of sp³-hybridized carbons (Fsp3) is 0.438. The van der Waals surface area contributed by atoms with Gasteiger partial charge in [-0.3, -0.25) is 4.90 Å². The summed E-state index contributed by atoms with van der Waals surface area (Å²) in [7, 11) is -0.932. The molecule has 0 radical (unpaired) electrons. The van der Waals surface area contributed by atoms with Crippen molar-refractivity contribution in [3.63, 3.8) is 0 Å². The van der Waals surface area contributed by atoms with Crippen LogP contribution in [0.1, 0.15) is 17.7 Å². The van der Waals surface area contributed by atoms with Gasteiger partial charge in [-0.2, -0.15) is 0 Å². The first kappa shape index (κ1) is 15.2. The molecular weight excluding hydrogens is 300 g/mol. The highest BCUT2D eigenvalue weighted by atomic mass is 32.2. The number of benzene rings is 1. The van der Waals surface area contributed by atoms with Crippen molar-refractivity contribution in [2.24, 2.45) is 0 Å². The second-order valence-electron chi connectivity index (χ2n) is 6.02. The monoisotopic (exact) mass is 320 g/mol. The average Bonchev–Trinajstić information content (AvgIpc) is 3.06. The topological polar surface area (TPSA) is 63.4 Å². The summed E-state index contributed by atoms with van der Waals surface area (Å²) in [5, 5.41) is 4.10. The van der Waals surface area contributed by atoms with Gasteiger partial charge in [-0.05, 0) is 20.4 Å². The maximum absolute atomic E-state index is 11.6. The van der Waals surface area contributed by atoms with Gasteiger partial charge in [-0.25, -0.2) is 8.42 Å². The zero-order valence-corrected chi connectivity index (χ0v) is 13.6. The van der Waals surface area contributed by atoms with E-state index in [9.17, 15) is 8.42 Å². The normalized spacial score (nSPS) is 20.6. The molecule has 1 aromatic carbocycles. The molecule has 1 aromatic heterocycles. The third-order valence-electron chi connectivity index (χ3n) is 4.14. The Morgan fingerprint density at radius 2 is 2.05 bits per heavy atom. The minimum atomic E-state index is -2.86. The van der Waals surface area contributed by atoms with Gasteiger partial charge in [-0.15, -0.1) is 0 Å². The summed E-state index contributed by atoms with van der Waals surface area (Å²) in [6.45, 7) is 2.61. The summed E-state index contributed by atoms with van der Waals surface area (Å²) < 4.78 is 28.5. The van der Waals surface area contributed by atoms with E-state index in [1.165, 1.54) is 5.56 Å². The van der Waals surface area contributed by atoms with E-state index in [1.807, 2.05) is 49.2 Å². The van der Waals surface area contributed by atoms with Crippen molar-refractivity contribution in [3.8, 4) is 11.3 Å². The molecule has 2 aromatic rings. The second kappa shape index (κ2) is 5.85. The molecule has 0 spiro atoms. The number of hydrogen-bond donors (Lipinski definition) is 0. The maximum Gasteiger partial charge on any atom is 0.151 e. The minimum Gasteiger partial charge on any atom is -0.359 e. The Morgan fingerprint density at radius 1 is 1.32 bits per heavy atom. The van der Waals surface area contributed by atoms with Crippen molar-refractivity contribution < 1.29 is 12.9 Å². The minimum absolute atomic E-state index is 0.0675. The molecule has 1 fully saturated rings. The number of rotatable bonds is 4. The van der Waals surface area contributed by atoms with Gasteiger partial charge >= 0.3 is 0 Å². The molecule has 1 aliphatic rings. The molecule has 118 valence electrons. The quantitative estimate of drug-likeness (QED) is 0.865. The molecule has 1 saturated heterocycles. The lowest BCUT2D eigenvalue weighted by Gasteiger charge is -2.21. The number of aryl methyl sites for hydroxylation is 1. The summed E-state index contributed by atoms with van der Waals surface area (Å²) in [6.07, 6.45) is 0.692. The van der Waals surface area contributed by atoms with Crippen LogP contribution in [0.4, 0.5) is 0 Å². The SMILES string of the molecule is Cc1ccc(-c2cc(CN(C)[C@H]3CCS(=O)(=O)C3)on2)cc1. The van der Waals surface area contributed by atoms with Gasteiger partial charge in [0.05, 0.1) is 18.1 Å². The smallest absolute Gasteiger partial charge is 0.151 e. The van der Waals surface area contributed by atoms with E-state index >= 15 is 0 Å². The van der Waals surface area contributed by atoms with Crippen LogP contribution in [0.25, 0.3) is 11.3 Å². The maximum atomic E-state index is 11.6. The van der Waals surface area contributed by atoms with E-state index in [1.54, 1.807) is 0 Å². The highest BCUT2D eigenvalue weighted by molar-refractivity contribution is 7.91. The molecule has 22 heavy (non-hydrogen) atoms. The van der Waals surface area contributed by atoms with Gasteiger partial charge in [-0.1, -0.05) is 35.0 Å². The summed E-state index contributed by atoms with van der Waals surface area (Å²) in [5.74, 6) is 1.28. The van der Waals surface area contributed by atoms with Crippen molar-refractivity contribution in [1.29, 1.82) is 0 Å². The van der Waals surface area contributed by atoms with Crippen LogP contribution < -0.4 is 0 Å². The van der Waals surface area contributed by atoms with Crippen molar-refractivity contribution >= 4 is 9.84 Å². The lowest BCUT2D eigenvalue weighted by molar-refractivity contribution is 0.222. The average molecular weight is 320 g/mol. The first-order valence-corrected chi connectivity index (χ1v) is 9.18. The van der Waals surface area contributed by atoms with Crippen LogP contribution in [-0.2, 0) is 16.4 Å². The Balaban J connectivity index is 1.68. The summed E-state index contributed by atoms with van der Waals surface area (Å²) >= 11 is 0. The molecule has 1 atom stereocenters. The molecule has 0 bridgehead atoms. The summed E-state index contributed by atoms with van der Waals surface area (Å²) in [4.78, 5) is 2.03. The second-order valence-corrected chi connectivity index (χ2v) is 8.25. The molecule has 0 N–H and O–H groups in total. The molecule has 6 heteroatoms. The van der Waals surface area contributed by atoms with E-state index in [4.69, 9.17) is 4.52 Å². The summed E-state index contributed by atoms with van der Waals surface area (Å²) in [5.41, 5.74) is 3.03. The van der Waals surface area contributed by atoms with Gasteiger partial charge in [0.25, 0.3) is 0 Å². The molecule has 0 unspecified atom stereocenters. The molecule has 0 saturated carbocycles. The Labute approximate surface area is 130 Å². The predicted octanol–water partition coefficient (Wildman–Crippen LogP) is 2.27. The van der Waals surface area contributed by atoms with E-state index < -0.39 is 9.84 Å².